The first-order valence-corrected chi connectivity index (χ1v) is 9.53. The molecule has 1 aromatic heterocycles. The van der Waals surface area contributed by atoms with E-state index in [2.05, 4.69) is 36.8 Å². The minimum Gasteiger partial charge on any atom is -0.336 e. The molecule has 110 valence electrons. The van der Waals surface area contributed by atoms with Crippen molar-refractivity contribution in [2.75, 3.05) is 26.2 Å². The molecule has 0 spiro atoms. The fraction of sp³-hybridized carbons (Fsp3) is 0.643. The Morgan fingerprint density at radius 3 is 2.60 bits per heavy atom. The number of amides is 1. The van der Waals surface area contributed by atoms with Crippen molar-refractivity contribution in [3.63, 3.8) is 0 Å². The highest BCUT2D eigenvalue weighted by Gasteiger charge is 2.30. The van der Waals surface area contributed by atoms with Gasteiger partial charge in [0.1, 0.15) is 0 Å². The van der Waals surface area contributed by atoms with Crippen molar-refractivity contribution < 1.29 is 4.79 Å². The third kappa shape index (κ3) is 3.13. The van der Waals surface area contributed by atoms with Gasteiger partial charge in [-0.2, -0.15) is 0 Å². The van der Waals surface area contributed by atoms with Gasteiger partial charge in [-0.15, -0.1) is 11.3 Å². The summed E-state index contributed by atoms with van der Waals surface area (Å²) >= 11 is 8.44. The second-order valence-electron chi connectivity index (χ2n) is 5.52. The van der Waals surface area contributed by atoms with Crippen molar-refractivity contribution in [2.24, 2.45) is 0 Å². The summed E-state index contributed by atoms with van der Waals surface area (Å²) < 4.78 is 1.97. The molecule has 0 radical (unpaired) electrons. The SMILES string of the molecule is O=C(c1cc(Br)c(Br)s1)N1CCCC(N2CCCC2)C1. The second-order valence-corrected chi connectivity index (χ2v) is 8.75. The molecule has 3 nitrogen and oxygen atoms in total. The summed E-state index contributed by atoms with van der Waals surface area (Å²) in [4.78, 5) is 18.0. The highest BCUT2D eigenvalue weighted by Crippen LogP contribution is 2.33. The lowest BCUT2D eigenvalue weighted by Crippen LogP contribution is -2.48. The van der Waals surface area contributed by atoms with Gasteiger partial charge in [0.25, 0.3) is 5.91 Å². The van der Waals surface area contributed by atoms with E-state index in [4.69, 9.17) is 0 Å². The molecule has 1 atom stereocenters. The summed E-state index contributed by atoms with van der Waals surface area (Å²) in [5.74, 6) is 0.185. The standard InChI is InChI=1S/C14H18Br2N2OS/c15-11-8-12(20-13(11)16)14(19)18-7-3-4-10(9-18)17-5-1-2-6-17/h8,10H,1-7,9H2. The van der Waals surface area contributed by atoms with Gasteiger partial charge in [0, 0.05) is 23.6 Å². The second kappa shape index (κ2) is 6.46. The molecule has 2 saturated heterocycles. The third-order valence-electron chi connectivity index (χ3n) is 4.20. The van der Waals surface area contributed by atoms with Gasteiger partial charge in [0.2, 0.25) is 0 Å². The van der Waals surface area contributed by atoms with E-state index in [0.717, 1.165) is 32.6 Å². The van der Waals surface area contributed by atoms with Gasteiger partial charge in [-0.3, -0.25) is 9.69 Å². The Labute approximate surface area is 140 Å². The minimum atomic E-state index is 0.185. The van der Waals surface area contributed by atoms with E-state index >= 15 is 0 Å². The van der Waals surface area contributed by atoms with Crippen molar-refractivity contribution in [3.8, 4) is 0 Å². The van der Waals surface area contributed by atoms with Crippen molar-refractivity contribution in [1.29, 1.82) is 0 Å². The third-order valence-corrected chi connectivity index (χ3v) is 7.44. The molecular formula is C14H18Br2N2OS. The molecule has 6 heteroatoms. The van der Waals surface area contributed by atoms with Crippen molar-refractivity contribution in [3.05, 3.63) is 19.2 Å². The zero-order chi connectivity index (χ0) is 14.1. The van der Waals surface area contributed by atoms with Crippen LogP contribution in [0, 0.1) is 0 Å². The maximum absolute atomic E-state index is 12.6. The van der Waals surface area contributed by atoms with Crippen molar-refractivity contribution >= 4 is 49.1 Å². The zero-order valence-electron chi connectivity index (χ0n) is 11.3. The molecule has 0 aliphatic carbocycles. The van der Waals surface area contributed by atoms with Crippen LogP contribution in [0.3, 0.4) is 0 Å². The van der Waals surface area contributed by atoms with Gasteiger partial charge in [-0.05, 0) is 76.7 Å². The number of hydrogen-bond acceptors (Lipinski definition) is 3. The number of likely N-dealkylation sites (tertiary alicyclic amines) is 2. The van der Waals surface area contributed by atoms with Crippen LogP contribution in [-0.4, -0.2) is 47.9 Å². The van der Waals surface area contributed by atoms with E-state index in [1.807, 2.05) is 11.0 Å². The maximum Gasteiger partial charge on any atom is 0.264 e. The summed E-state index contributed by atoms with van der Waals surface area (Å²) in [7, 11) is 0. The molecule has 0 aromatic carbocycles. The Kier molecular flexibility index (Phi) is 4.85. The van der Waals surface area contributed by atoms with Gasteiger partial charge in [-0.1, -0.05) is 0 Å². The van der Waals surface area contributed by atoms with Crippen LogP contribution in [0.2, 0.25) is 0 Å². The number of piperidine rings is 1. The molecule has 3 rings (SSSR count). The lowest BCUT2D eigenvalue weighted by Gasteiger charge is -2.37. The number of hydrogen-bond donors (Lipinski definition) is 0. The average molecular weight is 422 g/mol. The van der Waals surface area contributed by atoms with Gasteiger partial charge in [-0.25, -0.2) is 0 Å². The average Bonchev–Trinajstić information content (AvgIpc) is 3.09. The highest BCUT2D eigenvalue weighted by molar-refractivity contribution is 9.13. The summed E-state index contributed by atoms with van der Waals surface area (Å²) in [6.45, 7) is 4.22. The van der Waals surface area contributed by atoms with Crippen LogP contribution in [0.25, 0.3) is 0 Å². The van der Waals surface area contributed by atoms with E-state index in [1.165, 1.54) is 43.7 Å². The molecular weight excluding hydrogens is 404 g/mol. The Bertz CT molecular complexity index is 480. The van der Waals surface area contributed by atoms with Gasteiger partial charge >= 0.3 is 0 Å². The first-order valence-electron chi connectivity index (χ1n) is 7.13. The van der Waals surface area contributed by atoms with Crippen LogP contribution >= 0.6 is 43.2 Å². The molecule has 2 aliphatic heterocycles. The molecule has 1 amide bonds. The number of rotatable bonds is 2. The fourth-order valence-electron chi connectivity index (χ4n) is 3.15. The summed E-state index contributed by atoms with van der Waals surface area (Å²) in [6, 6.07) is 2.50. The monoisotopic (exact) mass is 420 g/mol. The van der Waals surface area contributed by atoms with Crippen molar-refractivity contribution in [1.82, 2.24) is 9.80 Å². The Hall–Kier alpha value is 0.0900. The predicted octanol–water partition coefficient (Wildman–Crippen LogP) is 3.97. The molecule has 2 aliphatic rings. The van der Waals surface area contributed by atoms with E-state index in [9.17, 15) is 4.79 Å². The summed E-state index contributed by atoms with van der Waals surface area (Å²) in [5, 5.41) is 0. The van der Waals surface area contributed by atoms with E-state index in [1.54, 1.807) is 0 Å². The quantitative estimate of drug-likeness (QED) is 0.721. The number of nitrogens with zero attached hydrogens (tertiary/aromatic N) is 2. The van der Waals surface area contributed by atoms with Crippen LogP contribution in [0.1, 0.15) is 35.4 Å². The van der Waals surface area contributed by atoms with E-state index < -0.39 is 0 Å². The molecule has 0 saturated carbocycles. The molecule has 3 heterocycles. The molecule has 1 unspecified atom stereocenters. The van der Waals surface area contributed by atoms with Gasteiger partial charge < -0.3 is 4.90 Å². The van der Waals surface area contributed by atoms with Gasteiger partial charge in [0.05, 0.1) is 8.66 Å². The normalized spacial score (nSPS) is 24.3. The number of halogens is 2. The van der Waals surface area contributed by atoms with Crippen LogP contribution in [0.4, 0.5) is 0 Å². The lowest BCUT2D eigenvalue weighted by atomic mass is 10.0. The smallest absolute Gasteiger partial charge is 0.264 e. The first-order chi connectivity index (χ1) is 9.65. The Balaban J connectivity index is 1.68. The molecule has 0 bridgehead atoms. The Morgan fingerprint density at radius 2 is 1.95 bits per heavy atom. The summed E-state index contributed by atoms with van der Waals surface area (Å²) in [5.41, 5.74) is 0. The number of carbonyl (C=O) groups excluding carboxylic acids is 1. The largest absolute Gasteiger partial charge is 0.336 e. The molecule has 2 fully saturated rings. The predicted molar refractivity (Wildman–Crippen MR) is 89.5 cm³/mol. The minimum absolute atomic E-state index is 0.185. The van der Waals surface area contributed by atoms with Gasteiger partial charge in [0.15, 0.2) is 0 Å². The Morgan fingerprint density at radius 1 is 1.20 bits per heavy atom. The molecule has 20 heavy (non-hydrogen) atoms. The number of thiophene rings is 1. The first kappa shape index (κ1) is 15.0. The van der Waals surface area contributed by atoms with Crippen LogP contribution in [-0.2, 0) is 0 Å². The van der Waals surface area contributed by atoms with Crippen LogP contribution in [0.5, 0.6) is 0 Å². The van der Waals surface area contributed by atoms with E-state index in [-0.39, 0.29) is 5.91 Å². The highest BCUT2D eigenvalue weighted by atomic mass is 79.9. The zero-order valence-corrected chi connectivity index (χ0v) is 15.3. The van der Waals surface area contributed by atoms with Crippen molar-refractivity contribution in [2.45, 2.75) is 31.7 Å². The molecule has 1 aromatic rings. The molecule has 0 N–H and O–H groups in total. The fourth-order valence-corrected chi connectivity index (χ4v) is 5.16. The van der Waals surface area contributed by atoms with Crippen LogP contribution in [0.15, 0.2) is 14.3 Å². The van der Waals surface area contributed by atoms with E-state index in [0.29, 0.717) is 6.04 Å². The van der Waals surface area contributed by atoms with Crippen LogP contribution < -0.4 is 0 Å². The lowest BCUT2D eigenvalue weighted by molar-refractivity contribution is 0.0612. The topological polar surface area (TPSA) is 23.6 Å². The maximum atomic E-state index is 12.6. The number of carbonyl (C=O) groups is 1. The summed E-state index contributed by atoms with van der Waals surface area (Å²) in [6.07, 6.45) is 4.99.